The van der Waals surface area contributed by atoms with E-state index in [1.165, 1.54) is 11.6 Å². The molecule has 8 heteroatoms. The number of hydrogen-bond acceptors (Lipinski definition) is 4. The van der Waals surface area contributed by atoms with Crippen LogP contribution in [-0.2, 0) is 21.2 Å². The Morgan fingerprint density at radius 3 is 2.24 bits per heavy atom. The molecule has 4 rings (SSSR count). The molecular formula is C26H33N3O4S. The Labute approximate surface area is 202 Å². The second-order valence-corrected chi connectivity index (χ2v) is 10.9. The maximum Gasteiger partial charge on any atom is 0.262 e. The summed E-state index contributed by atoms with van der Waals surface area (Å²) in [4.78, 5) is 29.0. The van der Waals surface area contributed by atoms with Gasteiger partial charge in [0.1, 0.15) is 0 Å². The van der Waals surface area contributed by atoms with Crippen LogP contribution < -0.4 is 4.72 Å². The highest BCUT2D eigenvalue weighted by Crippen LogP contribution is 2.31. The Morgan fingerprint density at radius 2 is 1.62 bits per heavy atom. The van der Waals surface area contributed by atoms with Gasteiger partial charge in [-0.2, -0.15) is 0 Å². The van der Waals surface area contributed by atoms with Crippen LogP contribution in [0, 0.1) is 12.8 Å². The molecule has 0 radical (unpaired) electrons. The van der Waals surface area contributed by atoms with E-state index in [1.54, 1.807) is 36.1 Å². The molecule has 2 amide bonds. The molecule has 0 bridgehead atoms. The third kappa shape index (κ3) is 5.60. The van der Waals surface area contributed by atoms with Crippen LogP contribution >= 0.6 is 0 Å². The maximum atomic E-state index is 13.1. The van der Waals surface area contributed by atoms with Gasteiger partial charge in [0, 0.05) is 43.3 Å². The number of sulfonamides is 1. The number of aryl methyl sites for hydroxylation is 2. The number of nitrogens with zero attached hydrogens (tertiary/aromatic N) is 2. The topological polar surface area (TPSA) is 86.8 Å². The van der Waals surface area contributed by atoms with Gasteiger partial charge in [-0.3, -0.25) is 14.3 Å². The number of anilines is 1. The molecule has 0 spiro atoms. The summed E-state index contributed by atoms with van der Waals surface area (Å²) in [5.41, 5.74) is 2.58. The third-order valence-electron chi connectivity index (χ3n) is 6.55. The highest BCUT2D eigenvalue weighted by molar-refractivity contribution is 7.92. The number of nitrogens with one attached hydrogen (secondary N) is 1. The number of benzene rings is 2. The number of hydrogen-bond donors (Lipinski definition) is 1. The molecule has 1 aliphatic heterocycles. The van der Waals surface area contributed by atoms with Gasteiger partial charge in [-0.15, -0.1) is 0 Å². The second-order valence-electron chi connectivity index (χ2n) is 9.28. The molecular weight excluding hydrogens is 450 g/mol. The number of carbonyl (C=O) groups excluding carboxylic acids is 2. The van der Waals surface area contributed by atoms with Gasteiger partial charge in [0.05, 0.1) is 4.90 Å². The molecule has 2 aliphatic rings. The van der Waals surface area contributed by atoms with E-state index in [0.717, 1.165) is 32.1 Å². The predicted molar refractivity (Wildman–Crippen MR) is 132 cm³/mol. The minimum absolute atomic E-state index is 0.0935. The number of amides is 2. The van der Waals surface area contributed by atoms with E-state index in [-0.39, 0.29) is 22.6 Å². The van der Waals surface area contributed by atoms with E-state index < -0.39 is 10.0 Å². The molecule has 1 N–H and O–H groups in total. The van der Waals surface area contributed by atoms with E-state index in [4.69, 9.17) is 0 Å². The van der Waals surface area contributed by atoms with Crippen molar-refractivity contribution in [2.24, 2.45) is 5.92 Å². The molecule has 0 atom stereocenters. The van der Waals surface area contributed by atoms with Gasteiger partial charge in [-0.05, 0) is 68.0 Å². The van der Waals surface area contributed by atoms with Gasteiger partial charge in [-0.1, -0.05) is 31.5 Å². The van der Waals surface area contributed by atoms with Gasteiger partial charge in [0.2, 0.25) is 5.91 Å². The Kier molecular flexibility index (Phi) is 7.26. The molecule has 182 valence electrons. The van der Waals surface area contributed by atoms with Crippen molar-refractivity contribution in [2.75, 3.05) is 30.9 Å². The van der Waals surface area contributed by atoms with Crippen LogP contribution in [0.1, 0.15) is 54.1 Å². The zero-order valence-electron chi connectivity index (χ0n) is 19.9. The van der Waals surface area contributed by atoms with Crippen molar-refractivity contribution in [1.29, 1.82) is 0 Å². The van der Waals surface area contributed by atoms with Crippen molar-refractivity contribution in [3.8, 4) is 0 Å². The summed E-state index contributed by atoms with van der Waals surface area (Å²) >= 11 is 0. The summed E-state index contributed by atoms with van der Waals surface area (Å²) in [5, 5.41) is 0. The first kappa shape index (κ1) is 24.3. The fourth-order valence-electron chi connectivity index (χ4n) is 4.25. The van der Waals surface area contributed by atoms with Crippen molar-refractivity contribution >= 4 is 27.5 Å². The molecule has 0 aromatic heterocycles. The summed E-state index contributed by atoms with van der Waals surface area (Å²) in [5.74, 6) is 0.155. The lowest BCUT2D eigenvalue weighted by atomic mass is 10.1. The monoisotopic (exact) mass is 483 g/mol. The minimum Gasteiger partial charge on any atom is -0.339 e. The van der Waals surface area contributed by atoms with Crippen molar-refractivity contribution in [3.05, 3.63) is 59.2 Å². The summed E-state index contributed by atoms with van der Waals surface area (Å²) in [7, 11) is -3.86. The van der Waals surface area contributed by atoms with Crippen molar-refractivity contribution in [3.63, 3.8) is 0 Å². The highest BCUT2D eigenvalue weighted by Gasteiger charge is 2.35. The molecule has 1 saturated carbocycles. The van der Waals surface area contributed by atoms with Gasteiger partial charge in [0.25, 0.3) is 15.9 Å². The number of carbonyl (C=O) groups is 2. The summed E-state index contributed by atoms with van der Waals surface area (Å²) in [6, 6.07) is 12.2. The SMILES string of the molecule is CCCCc1ccc(NS(=O)(=O)c2cc(C(=O)N3CCN(C(=O)C4CC4)CC3)ccc2C)cc1. The fraction of sp³-hybridized carbons (Fsp3) is 0.462. The smallest absolute Gasteiger partial charge is 0.262 e. The largest absolute Gasteiger partial charge is 0.339 e. The van der Waals surface area contributed by atoms with Crippen LogP contribution in [0.25, 0.3) is 0 Å². The van der Waals surface area contributed by atoms with E-state index >= 15 is 0 Å². The van der Waals surface area contributed by atoms with Crippen LogP contribution in [0.5, 0.6) is 0 Å². The average Bonchev–Trinajstić information content (AvgIpc) is 3.68. The minimum atomic E-state index is -3.86. The second kappa shape index (κ2) is 10.2. The van der Waals surface area contributed by atoms with Crippen LogP contribution in [0.3, 0.4) is 0 Å². The predicted octanol–water partition coefficient (Wildman–Crippen LogP) is 3.83. The van der Waals surface area contributed by atoms with Gasteiger partial charge in [0.15, 0.2) is 0 Å². The van der Waals surface area contributed by atoms with Crippen molar-refractivity contribution in [1.82, 2.24) is 9.80 Å². The third-order valence-corrected chi connectivity index (χ3v) is 8.08. The summed E-state index contributed by atoms with van der Waals surface area (Å²) in [6.45, 7) is 5.81. The first-order chi connectivity index (χ1) is 16.3. The summed E-state index contributed by atoms with van der Waals surface area (Å²) < 4.78 is 28.9. The Bertz CT molecular complexity index is 1150. The van der Waals surface area contributed by atoms with Crippen LogP contribution in [0.2, 0.25) is 0 Å². The number of rotatable bonds is 8. The van der Waals surface area contributed by atoms with Crippen molar-refractivity contribution < 1.29 is 18.0 Å². The number of unbranched alkanes of at least 4 members (excludes halogenated alkanes) is 1. The first-order valence-corrected chi connectivity index (χ1v) is 13.6. The molecule has 2 aromatic rings. The van der Waals surface area contributed by atoms with Crippen LogP contribution in [0.15, 0.2) is 47.4 Å². The Balaban J connectivity index is 1.44. The zero-order chi connectivity index (χ0) is 24.3. The van der Waals surface area contributed by atoms with Crippen LogP contribution in [0.4, 0.5) is 5.69 Å². The standard InChI is InChI=1S/C26H33N3O4S/c1-3-4-5-20-7-12-23(13-8-20)27-34(32,33)24-18-22(9-6-19(24)2)26(31)29-16-14-28(15-17-29)25(30)21-10-11-21/h6-9,12-13,18,21,27H,3-5,10-11,14-17H2,1-2H3. The molecule has 2 aromatic carbocycles. The van der Waals surface area contributed by atoms with Crippen molar-refractivity contribution in [2.45, 2.75) is 50.8 Å². The maximum absolute atomic E-state index is 13.1. The lowest BCUT2D eigenvalue weighted by molar-refractivity contribution is -0.134. The molecule has 1 saturated heterocycles. The van der Waals surface area contributed by atoms with E-state index in [0.29, 0.717) is 43.0 Å². The molecule has 34 heavy (non-hydrogen) atoms. The van der Waals surface area contributed by atoms with E-state index in [1.807, 2.05) is 17.0 Å². The zero-order valence-corrected chi connectivity index (χ0v) is 20.7. The lowest BCUT2D eigenvalue weighted by Crippen LogP contribution is -2.51. The first-order valence-electron chi connectivity index (χ1n) is 12.1. The average molecular weight is 484 g/mol. The van der Waals surface area contributed by atoms with Gasteiger partial charge >= 0.3 is 0 Å². The molecule has 1 aliphatic carbocycles. The normalized spacial score (nSPS) is 16.4. The summed E-state index contributed by atoms with van der Waals surface area (Å²) in [6.07, 6.45) is 5.11. The highest BCUT2D eigenvalue weighted by atomic mass is 32.2. The Hall–Kier alpha value is -2.87. The lowest BCUT2D eigenvalue weighted by Gasteiger charge is -2.35. The Morgan fingerprint density at radius 1 is 0.971 bits per heavy atom. The van der Waals surface area contributed by atoms with Gasteiger partial charge < -0.3 is 9.80 Å². The quantitative estimate of drug-likeness (QED) is 0.618. The molecule has 1 heterocycles. The van der Waals surface area contributed by atoms with E-state index in [9.17, 15) is 18.0 Å². The van der Waals surface area contributed by atoms with E-state index in [2.05, 4.69) is 11.6 Å². The molecule has 0 unspecified atom stereocenters. The molecule has 7 nitrogen and oxygen atoms in total. The molecule has 2 fully saturated rings. The van der Waals surface area contributed by atoms with Gasteiger partial charge in [-0.25, -0.2) is 8.42 Å². The fourth-order valence-corrected chi connectivity index (χ4v) is 5.58. The number of piperazine rings is 1. The van der Waals surface area contributed by atoms with Crippen LogP contribution in [-0.4, -0.2) is 56.2 Å².